The van der Waals surface area contributed by atoms with Gasteiger partial charge in [-0.1, -0.05) is 89.1 Å². The van der Waals surface area contributed by atoms with Crippen molar-refractivity contribution in [1.29, 1.82) is 0 Å². The highest BCUT2D eigenvalue weighted by Gasteiger charge is 2.41. The molecule has 0 saturated carbocycles. The van der Waals surface area contributed by atoms with Crippen LogP contribution in [-0.2, 0) is 15.0 Å². The van der Waals surface area contributed by atoms with Crippen LogP contribution >= 0.6 is 0 Å². The fraction of sp³-hybridized carbons (Fsp3) is 0.371. The second kappa shape index (κ2) is 11.9. The molecule has 5 rings (SSSR count). The molecule has 0 saturated heterocycles. The van der Waals surface area contributed by atoms with Crippen LogP contribution in [0.1, 0.15) is 94.9 Å². The SMILES string of the molecule is CCCCCC(=O)N1c2ccccc2NC2=C(C(=O)C[C@@H](c3ccc(C(C)(C)C)cc3)C2)[C@H]1c1cccc([N+](=O)[O-])c1. The molecule has 0 radical (unpaired) electrons. The van der Waals surface area contributed by atoms with Crippen molar-refractivity contribution >= 4 is 28.8 Å². The lowest BCUT2D eigenvalue weighted by molar-refractivity contribution is -0.384. The van der Waals surface area contributed by atoms with Crippen LogP contribution in [-0.4, -0.2) is 16.6 Å². The van der Waals surface area contributed by atoms with Crippen molar-refractivity contribution in [1.82, 2.24) is 0 Å². The van der Waals surface area contributed by atoms with Gasteiger partial charge in [0.15, 0.2) is 5.78 Å². The Morgan fingerprint density at radius 1 is 0.976 bits per heavy atom. The van der Waals surface area contributed by atoms with Crippen molar-refractivity contribution in [3.63, 3.8) is 0 Å². The monoisotopic (exact) mass is 565 g/mol. The number of para-hydroxylation sites is 2. The Kier molecular flexibility index (Phi) is 8.30. The van der Waals surface area contributed by atoms with Crippen LogP contribution in [0.2, 0.25) is 0 Å². The van der Waals surface area contributed by atoms with Gasteiger partial charge in [0, 0.05) is 36.2 Å². The van der Waals surface area contributed by atoms with Crippen LogP contribution < -0.4 is 10.2 Å². The Bertz CT molecular complexity index is 1530. The highest BCUT2D eigenvalue weighted by molar-refractivity contribution is 6.06. The van der Waals surface area contributed by atoms with Crippen molar-refractivity contribution in [2.45, 2.75) is 83.6 Å². The van der Waals surface area contributed by atoms with E-state index in [4.69, 9.17) is 0 Å². The van der Waals surface area contributed by atoms with E-state index in [1.807, 2.05) is 24.3 Å². The van der Waals surface area contributed by atoms with Gasteiger partial charge in [-0.05, 0) is 53.0 Å². The van der Waals surface area contributed by atoms with E-state index in [-0.39, 0.29) is 28.7 Å². The molecular formula is C35H39N3O4. The van der Waals surface area contributed by atoms with Crippen molar-refractivity contribution < 1.29 is 14.5 Å². The standard InChI is InChI=1S/C35H39N3O4/c1-5-6-7-15-32(40)37-30-14-9-8-13-28(30)36-29-21-25(23-16-18-26(19-17-23)35(2,3)4)22-31(39)33(29)34(37)24-11-10-12-27(20-24)38(41)42/h8-14,16-20,25,34,36H,5-7,15,21-22H2,1-4H3/t25-,34+/m0/s1. The third-order valence-corrected chi connectivity index (χ3v) is 8.40. The van der Waals surface area contributed by atoms with Crippen LogP contribution in [0.3, 0.4) is 0 Å². The lowest BCUT2D eigenvalue weighted by Gasteiger charge is -2.35. The summed E-state index contributed by atoms with van der Waals surface area (Å²) in [5.74, 6) is -0.178. The minimum absolute atomic E-state index is 0.0255. The number of nitrogens with zero attached hydrogens (tertiary/aromatic N) is 2. The predicted molar refractivity (Wildman–Crippen MR) is 167 cm³/mol. The molecule has 1 aliphatic carbocycles. The predicted octanol–water partition coefficient (Wildman–Crippen LogP) is 8.37. The zero-order valence-electron chi connectivity index (χ0n) is 24.9. The normalized spacial score (nSPS) is 18.6. The van der Waals surface area contributed by atoms with Gasteiger partial charge in [-0.2, -0.15) is 0 Å². The Hall–Kier alpha value is -4.26. The molecule has 2 atom stereocenters. The van der Waals surface area contributed by atoms with Crippen LogP contribution in [0.25, 0.3) is 0 Å². The summed E-state index contributed by atoms with van der Waals surface area (Å²) in [6.45, 7) is 8.63. The van der Waals surface area contributed by atoms with Gasteiger partial charge in [0.1, 0.15) is 0 Å². The van der Waals surface area contributed by atoms with Crippen molar-refractivity contribution in [3.05, 3.63) is 111 Å². The summed E-state index contributed by atoms with van der Waals surface area (Å²) in [4.78, 5) is 41.2. The Morgan fingerprint density at radius 3 is 2.40 bits per heavy atom. The molecule has 7 nitrogen and oxygen atoms in total. The number of anilines is 2. The second-order valence-corrected chi connectivity index (χ2v) is 12.4. The molecule has 0 fully saturated rings. The van der Waals surface area contributed by atoms with Crippen molar-refractivity contribution in [3.8, 4) is 0 Å². The molecule has 7 heteroatoms. The number of carbonyl (C=O) groups excluding carboxylic acids is 2. The molecule has 42 heavy (non-hydrogen) atoms. The van der Waals surface area contributed by atoms with Crippen LogP contribution in [0.4, 0.5) is 17.1 Å². The van der Waals surface area contributed by atoms with Crippen molar-refractivity contribution in [2.75, 3.05) is 10.2 Å². The summed E-state index contributed by atoms with van der Waals surface area (Å²) in [5.41, 5.74) is 5.55. The first-order chi connectivity index (χ1) is 20.1. The van der Waals surface area contributed by atoms with Crippen LogP contribution in [0.5, 0.6) is 0 Å². The number of Topliss-reactive ketones (excluding diaryl/α,β-unsaturated/α-hetero) is 1. The average molecular weight is 566 g/mol. The molecule has 3 aromatic carbocycles. The van der Waals surface area contributed by atoms with Gasteiger partial charge in [0.25, 0.3) is 5.69 Å². The number of rotatable bonds is 7. The number of unbranched alkanes of at least 4 members (excludes halogenated alkanes) is 2. The molecule has 0 unspecified atom stereocenters. The molecule has 1 aliphatic heterocycles. The first kappa shape index (κ1) is 29.2. The van der Waals surface area contributed by atoms with Crippen molar-refractivity contribution in [2.24, 2.45) is 0 Å². The maximum Gasteiger partial charge on any atom is 0.269 e. The van der Waals surface area contributed by atoms with Crippen LogP contribution in [0.15, 0.2) is 84.1 Å². The topological polar surface area (TPSA) is 92.6 Å². The molecule has 218 valence electrons. The number of hydrogen-bond acceptors (Lipinski definition) is 5. The zero-order chi connectivity index (χ0) is 30.0. The molecule has 1 amide bonds. The number of hydrogen-bond donors (Lipinski definition) is 1. The van der Waals surface area contributed by atoms with E-state index >= 15 is 0 Å². The summed E-state index contributed by atoms with van der Waals surface area (Å²) in [6, 6.07) is 21.7. The summed E-state index contributed by atoms with van der Waals surface area (Å²) < 4.78 is 0. The summed E-state index contributed by atoms with van der Waals surface area (Å²) in [5, 5.41) is 15.3. The number of amides is 1. The summed E-state index contributed by atoms with van der Waals surface area (Å²) >= 11 is 0. The smallest absolute Gasteiger partial charge is 0.269 e. The Balaban J connectivity index is 1.64. The highest BCUT2D eigenvalue weighted by atomic mass is 16.6. The lowest BCUT2D eigenvalue weighted by Crippen LogP contribution is -2.38. The first-order valence-electron chi connectivity index (χ1n) is 14.9. The molecule has 0 aromatic heterocycles. The fourth-order valence-electron chi connectivity index (χ4n) is 6.13. The number of carbonyl (C=O) groups is 2. The van der Waals surface area contributed by atoms with E-state index in [1.165, 1.54) is 17.7 Å². The average Bonchev–Trinajstić information content (AvgIpc) is 3.11. The summed E-state index contributed by atoms with van der Waals surface area (Å²) in [7, 11) is 0. The van der Waals surface area contributed by atoms with Crippen LogP contribution in [0, 0.1) is 10.1 Å². The largest absolute Gasteiger partial charge is 0.357 e. The molecule has 0 spiro atoms. The maximum absolute atomic E-state index is 14.2. The van der Waals surface area contributed by atoms with Gasteiger partial charge in [0.05, 0.1) is 22.3 Å². The number of fused-ring (bicyclic) bond motifs is 1. The fourth-order valence-corrected chi connectivity index (χ4v) is 6.13. The molecule has 3 aromatic rings. The van der Waals surface area contributed by atoms with E-state index in [0.29, 0.717) is 36.1 Å². The third-order valence-electron chi connectivity index (χ3n) is 8.40. The zero-order valence-corrected chi connectivity index (χ0v) is 24.9. The second-order valence-electron chi connectivity index (χ2n) is 12.4. The number of nitrogens with one attached hydrogen (secondary N) is 1. The molecule has 2 aliphatic rings. The third kappa shape index (κ3) is 5.87. The number of benzene rings is 3. The van der Waals surface area contributed by atoms with E-state index in [9.17, 15) is 19.7 Å². The lowest BCUT2D eigenvalue weighted by atomic mass is 9.77. The van der Waals surface area contributed by atoms with E-state index < -0.39 is 11.0 Å². The van der Waals surface area contributed by atoms with Gasteiger partial charge >= 0.3 is 0 Å². The van der Waals surface area contributed by atoms with Gasteiger partial charge in [-0.3, -0.25) is 24.6 Å². The number of ketones is 1. The number of nitro benzene ring substituents is 1. The maximum atomic E-state index is 14.2. The quantitative estimate of drug-likeness (QED) is 0.176. The molecular weight excluding hydrogens is 526 g/mol. The molecule has 0 bridgehead atoms. The number of non-ortho nitro benzene ring substituents is 1. The number of nitro groups is 1. The minimum Gasteiger partial charge on any atom is -0.357 e. The van der Waals surface area contributed by atoms with Gasteiger partial charge in [-0.25, -0.2) is 0 Å². The summed E-state index contributed by atoms with van der Waals surface area (Å²) in [6.07, 6.45) is 3.85. The van der Waals surface area contributed by atoms with E-state index in [2.05, 4.69) is 57.3 Å². The van der Waals surface area contributed by atoms with E-state index in [0.717, 1.165) is 36.2 Å². The number of allylic oxidation sites excluding steroid dienone is 1. The van der Waals surface area contributed by atoms with Gasteiger partial charge in [-0.15, -0.1) is 0 Å². The highest BCUT2D eigenvalue weighted by Crippen LogP contribution is 2.48. The minimum atomic E-state index is -0.776. The first-order valence-corrected chi connectivity index (χ1v) is 14.9. The molecule has 1 N–H and O–H groups in total. The van der Waals surface area contributed by atoms with Gasteiger partial charge in [0.2, 0.25) is 5.91 Å². The van der Waals surface area contributed by atoms with Gasteiger partial charge < -0.3 is 5.32 Å². The molecule has 1 heterocycles. The Morgan fingerprint density at radius 2 is 1.71 bits per heavy atom. The Labute approximate surface area is 247 Å². The van der Waals surface area contributed by atoms with E-state index in [1.54, 1.807) is 17.0 Å².